The van der Waals surface area contributed by atoms with Gasteiger partial charge in [-0.3, -0.25) is 4.79 Å². The average molecular weight is 231 g/mol. The minimum absolute atomic E-state index is 0.170. The quantitative estimate of drug-likeness (QED) is 0.459. The second kappa shape index (κ2) is 10.9. The molecule has 0 rings (SSSR count). The van der Waals surface area contributed by atoms with E-state index in [-0.39, 0.29) is 11.9 Å². The zero-order valence-electron chi connectivity index (χ0n) is 10.5. The third-order valence-corrected chi connectivity index (χ3v) is 2.50. The summed E-state index contributed by atoms with van der Waals surface area (Å²) in [5.74, 6) is 0.0740. The number of nitrogens with two attached hydrogens (primary N) is 1. The van der Waals surface area contributed by atoms with E-state index < -0.39 is 0 Å². The average Bonchev–Trinajstić information content (AvgIpc) is 2.30. The van der Waals surface area contributed by atoms with E-state index in [2.05, 4.69) is 6.92 Å². The van der Waals surface area contributed by atoms with Gasteiger partial charge in [0.05, 0.1) is 6.61 Å². The number of carbonyl (C=O) groups is 1. The van der Waals surface area contributed by atoms with Crippen molar-refractivity contribution in [3.63, 3.8) is 0 Å². The number of ether oxygens (including phenoxy) is 2. The van der Waals surface area contributed by atoms with Gasteiger partial charge in [-0.15, -0.1) is 0 Å². The van der Waals surface area contributed by atoms with Gasteiger partial charge in [0, 0.05) is 13.0 Å². The van der Waals surface area contributed by atoms with Gasteiger partial charge in [-0.1, -0.05) is 26.7 Å². The van der Waals surface area contributed by atoms with E-state index in [4.69, 9.17) is 15.2 Å². The Hall–Kier alpha value is -0.610. The van der Waals surface area contributed by atoms with Crippen LogP contribution < -0.4 is 5.73 Å². The SMILES string of the molecule is CCCCOCCOC(=O)CC(CC)CN. The smallest absolute Gasteiger partial charge is 0.306 e. The molecular weight excluding hydrogens is 206 g/mol. The molecule has 4 heteroatoms. The normalized spacial score (nSPS) is 12.4. The fourth-order valence-corrected chi connectivity index (χ4v) is 1.25. The Morgan fingerprint density at radius 1 is 1.25 bits per heavy atom. The molecule has 0 spiro atoms. The molecule has 16 heavy (non-hydrogen) atoms. The van der Waals surface area contributed by atoms with Crippen molar-refractivity contribution in [2.75, 3.05) is 26.4 Å². The molecule has 0 fully saturated rings. The standard InChI is InChI=1S/C12H25NO3/c1-3-5-6-15-7-8-16-12(14)9-11(4-2)10-13/h11H,3-10,13H2,1-2H3. The minimum Gasteiger partial charge on any atom is -0.463 e. The summed E-state index contributed by atoms with van der Waals surface area (Å²) in [5, 5.41) is 0. The maximum atomic E-state index is 11.3. The van der Waals surface area contributed by atoms with Crippen molar-refractivity contribution >= 4 is 5.97 Å². The van der Waals surface area contributed by atoms with E-state index in [1.165, 1.54) is 0 Å². The lowest BCUT2D eigenvalue weighted by molar-refractivity contribution is -0.146. The van der Waals surface area contributed by atoms with E-state index in [1.807, 2.05) is 6.92 Å². The Morgan fingerprint density at radius 2 is 2.00 bits per heavy atom. The largest absolute Gasteiger partial charge is 0.463 e. The monoisotopic (exact) mass is 231 g/mol. The first-order valence-corrected chi connectivity index (χ1v) is 6.18. The van der Waals surface area contributed by atoms with Crippen LogP contribution in [0, 0.1) is 5.92 Å². The predicted octanol–water partition coefficient (Wildman–Crippen LogP) is 1.72. The summed E-state index contributed by atoms with van der Waals surface area (Å²) in [5.41, 5.74) is 5.51. The van der Waals surface area contributed by atoms with Gasteiger partial charge < -0.3 is 15.2 Å². The molecule has 96 valence electrons. The van der Waals surface area contributed by atoms with Gasteiger partial charge in [0.25, 0.3) is 0 Å². The van der Waals surface area contributed by atoms with E-state index >= 15 is 0 Å². The van der Waals surface area contributed by atoms with Gasteiger partial charge >= 0.3 is 5.97 Å². The summed E-state index contributed by atoms with van der Waals surface area (Å²) in [6.45, 7) is 6.27. The molecule has 0 aliphatic carbocycles. The van der Waals surface area contributed by atoms with E-state index in [9.17, 15) is 4.79 Å². The number of unbranched alkanes of at least 4 members (excludes halogenated alkanes) is 1. The Kier molecular flexibility index (Phi) is 10.5. The minimum atomic E-state index is -0.170. The molecule has 2 N–H and O–H groups in total. The lowest BCUT2D eigenvalue weighted by atomic mass is 10.0. The van der Waals surface area contributed by atoms with Gasteiger partial charge in [0.2, 0.25) is 0 Å². The predicted molar refractivity (Wildman–Crippen MR) is 64.1 cm³/mol. The van der Waals surface area contributed by atoms with Gasteiger partial charge in [0.1, 0.15) is 6.61 Å². The molecule has 0 aliphatic heterocycles. The van der Waals surface area contributed by atoms with Crippen molar-refractivity contribution in [3.05, 3.63) is 0 Å². The number of esters is 1. The van der Waals surface area contributed by atoms with Crippen molar-refractivity contribution in [1.82, 2.24) is 0 Å². The second-order valence-corrected chi connectivity index (χ2v) is 3.90. The number of hydrogen-bond donors (Lipinski definition) is 1. The molecule has 0 aromatic carbocycles. The van der Waals surface area contributed by atoms with Crippen LogP contribution in [0.2, 0.25) is 0 Å². The molecule has 0 heterocycles. The van der Waals surface area contributed by atoms with E-state index in [0.717, 1.165) is 25.9 Å². The van der Waals surface area contributed by atoms with Crippen LogP contribution >= 0.6 is 0 Å². The molecule has 4 nitrogen and oxygen atoms in total. The van der Waals surface area contributed by atoms with Crippen LogP contribution in [0.15, 0.2) is 0 Å². The molecule has 0 aliphatic rings. The molecular formula is C12H25NO3. The molecule has 0 aromatic rings. The lowest BCUT2D eigenvalue weighted by Gasteiger charge is -2.11. The zero-order chi connectivity index (χ0) is 12.2. The third kappa shape index (κ3) is 8.68. The van der Waals surface area contributed by atoms with Crippen LogP contribution in [0.1, 0.15) is 39.5 Å². The van der Waals surface area contributed by atoms with Crippen molar-refractivity contribution in [2.45, 2.75) is 39.5 Å². The van der Waals surface area contributed by atoms with Crippen LogP contribution in [-0.2, 0) is 14.3 Å². The summed E-state index contributed by atoms with van der Waals surface area (Å²) in [6, 6.07) is 0. The Bertz CT molecular complexity index is 170. The highest BCUT2D eigenvalue weighted by molar-refractivity contribution is 5.69. The highest BCUT2D eigenvalue weighted by Gasteiger charge is 2.11. The van der Waals surface area contributed by atoms with Crippen LogP contribution in [0.4, 0.5) is 0 Å². The molecule has 0 radical (unpaired) electrons. The van der Waals surface area contributed by atoms with Crippen LogP contribution in [-0.4, -0.2) is 32.3 Å². The van der Waals surface area contributed by atoms with Crippen molar-refractivity contribution in [1.29, 1.82) is 0 Å². The zero-order valence-corrected chi connectivity index (χ0v) is 10.5. The molecule has 1 unspecified atom stereocenters. The molecule has 1 atom stereocenters. The fraction of sp³-hybridized carbons (Fsp3) is 0.917. The summed E-state index contributed by atoms with van der Waals surface area (Å²) in [6.07, 6.45) is 3.51. The summed E-state index contributed by atoms with van der Waals surface area (Å²) >= 11 is 0. The molecule has 0 saturated heterocycles. The van der Waals surface area contributed by atoms with Crippen LogP contribution in [0.3, 0.4) is 0 Å². The molecule has 0 bridgehead atoms. The highest BCUT2D eigenvalue weighted by atomic mass is 16.6. The van der Waals surface area contributed by atoms with Crippen LogP contribution in [0.5, 0.6) is 0 Å². The van der Waals surface area contributed by atoms with E-state index in [0.29, 0.717) is 26.2 Å². The van der Waals surface area contributed by atoms with Crippen molar-refractivity contribution in [2.24, 2.45) is 11.7 Å². The van der Waals surface area contributed by atoms with E-state index in [1.54, 1.807) is 0 Å². The first kappa shape index (κ1) is 15.4. The molecule has 0 saturated carbocycles. The maximum Gasteiger partial charge on any atom is 0.306 e. The summed E-state index contributed by atoms with van der Waals surface area (Å²) in [7, 11) is 0. The Balaban J connectivity index is 3.36. The number of hydrogen-bond acceptors (Lipinski definition) is 4. The first-order valence-electron chi connectivity index (χ1n) is 6.18. The van der Waals surface area contributed by atoms with Gasteiger partial charge in [-0.05, 0) is 18.9 Å². The Labute approximate surface area is 98.5 Å². The second-order valence-electron chi connectivity index (χ2n) is 3.90. The topological polar surface area (TPSA) is 61.5 Å². The van der Waals surface area contributed by atoms with Crippen LogP contribution in [0.25, 0.3) is 0 Å². The van der Waals surface area contributed by atoms with Gasteiger partial charge in [-0.25, -0.2) is 0 Å². The molecule has 0 amide bonds. The maximum absolute atomic E-state index is 11.3. The van der Waals surface area contributed by atoms with Crippen molar-refractivity contribution < 1.29 is 14.3 Å². The van der Waals surface area contributed by atoms with Crippen molar-refractivity contribution in [3.8, 4) is 0 Å². The van der Waals surface area contributed by atoms with Gasteiger partial charge in [-0.2, -0.15) is 0 Å². The first-order chi connectivity index (χ1) is 7.74. The summed E-state index contributed by atoms with van der Waals surface area (Å²) in [4.78, 5) is 11.3. The summed E-state index contributed by atoms with van der Waals surface area (Å²) < 4.78 is 10.3. The third-order valence-electron chi connectivity index (χ3n) is 2.50. The number of carbonyl (C=O) groups excluding carboxylic acids is 1. The van der Waals surface area contributed by atoms with Gasteiger partial charge in [0.15, 0.2) is 0 Å². The fourth-order valence-electron chi connectivity index (χ4n) is 1.25. The Morgan fingerprint density at radius 3 is 2.56 bits per heavy atom. The lowest BCUT2D eigenvalue weighted by Crippen LogP contribution is -2.20. The highest BCUT2D eigenvalue weighted by Crippen LogP contribution is 2.06. The molecule has 0 aromatic heterocycles. The number of rotatable bonds is 10.